The first-order chi connectivity index (χ1) is 13.0. The minimum Gasteiger partial charge on any atom is -0.488 e. The Morgan fingerprint density at radius 2 is 1.89 bits per heavy atom. The van der Waals surface area contributed by atoms with E-state index in [9.17, 15) is 4.79 Å². The Bertz CT molecular complexity index is 806. The SMILES string of the molecule is CCCc1c(CCC=O)c2c(c(C)c1OCc1ccccc1)CC(C)(C)O2. The lowest BCUT2D eigenvalue weighted by molar-refractivity contribution is -0.107. The van der Waals surface area contributed by atoms with E-state index in [1.165, 1.54) is 16.7 Å². The van der Waals surface area contributed by atoms with Crippen molar-refractivity contribution in [3.63, 3.8) is 0 Å². The van der Waals surface area contributed by atoms with Gasteiger partial charge >= 0.3 is 0 Å². The van der Waals surface area contributed by atoms with Crippen LogP contribution in [0.2, 0.25) is 0 Å². The second-order valence-electron chi connectivity index (χ2n) is 7.99. The monoisotopic (exact) mass is 366 g/mol. The van der Waals surface area contributed by atoms with Gasteiger partial charge in [0.05, 0.1) is 0 Å². The summed E-state index contributed by atoms with van der Waals surface area (Å²) in [5.41, 5.74) is 5.74. The maximum atomic E-state index is 11.1. The molecule has 1 aliphatic heterocycles. The van der Waals surface area contributed by atoms with Gasteiger partial charge in [-0.2, -0.15) is 0 Å². The van der Waals surface area contributed by atoms with Crippen molar-refractivity contribution in [3.8, 4) is 11.5 Å². The molecule has 0 unspecified atom stereocenters. The van der Waals surface area contributed by atoms with Crippen LogP contribution in [0.5, 0.6) is 11.5 Å². The molecule has 0 radical (unpaired) electrons. The lowest BCUT2D eigenvalue weighted by Crippen LogP contribution is -2.25. The first kappa shape index (κ1) is 19.5. The van der Waals surface area contributed by atoms with E-state index in [0.29, 0.717) is 19.4 Å². The van der Waals surface area contributed by atoms with Gasteiger partial charge < -0.3 is 14.3 Å². The van der Waals surface area contributed by atoms with E-state index in [1.807, 2.05) is 18.2 Å². The molecule has 0 N–H and O–H groups in total. The van der Waals surface area contributed by atoms with E-state index >= 15 is 0 Å². The average molecular weight is 367 g/mol. The van der Waals surface area contributed by atoms with Crippen LogP contribution >= 0.6 is 0 Å². The van der Waals surface area contributed by atoms with Gasteiger partial charge in [-0.1, -0.05) is 43.7 Å². The Hall–Kier alpha value is -2.29. The molecule has 0 bridgehead atoms. The molecule has 0 fully saturated rings. The smallest absolute Gasteiger partial charge is 0.127 e. The van der Waals surface area contributed by atoms with Gasteiger partial charge in [0, 0.05) is 29.5 Å². The van der Waals surface area contributed by atoms with Gasteiger partial charge in [-0.05, 0) is 44.7 Å². The zero-order valence-corrected chi connectivity index (χ0v) is 16.9. The van der Waals surface area contributed by atoms with Crippen molar-refractivity contribution < 1.29 is 14.3 Å². The van der Waals surface area contributed by atoms with Gasteiger partial charge in [-0.3, -0.25) is 0 Å². The van der Waals surface area contributed by atoms with Crippen molar-refractivity contribution in [1.29, 1.82) is 0 Å². The molecule has 0 saturated heterocycles. The molecule has 1 aliphatic rings. The molecule has 0 amide bonds. The standard InChI is InChI=1S/C24H30O3/c1-5-10-19-20(13-9-14-25)23-21(15-24(3,4)27-23)17(2)22(19)26-16-18-11-7-6-8-12-18/h6-8,11-12,14H,5,9-10,13,15-16H2,1-4H3. The molecule has 27 heavy (non-hydrogen) atoms. The summed E-state index contributed by atoms with van der Waals surface area (Å²) in [5.74, 6) is 1.98. The third kappa shape index (κ3) is 4.18. The Balaban J connectivity index is 2.06. The number of benzene rings is 2. The van der Waals surface area contributed by atoms with Crippen molar-refractivity contribution in [1.82, 2.24) is 0 Å². The Kier molecular flexibility index (Phi) is 5.88. The minimum atomic E-state index is -0.218. The lowest BCUT2D eigenvalue weighted by Gasteiger charge is -2.22. The summed E-state index contributed by atoms with van der Waals surface area (Å²) in [5, 5.41) is 0. The molecule has 2 aromatic rings. The summed E-state index contributed by atoms with van der Waals surface area (Å²) >= 11 is 0. The van der Waals surface area contributed by atoms with Crippen molar-refractivity contribution in [2.75, 3.05) is 0 Å². The topological polar surface area (TPSA) is 35.5 Å². The van der Waals surface area contributed by atoms with Crippen molar-refractivity contribution in [2.24, 2.45) is 0 Å². The van der Waals surface area contributed by atoms with E-state index < -0.39 is 0 Å². The van der Waals surface area contributed by atoms with Crippen molar-refractivity contribution in [3.05, 3.63) is 58.1 Å². The maximum absolute atomic E-state index is 11.1. The van der Waals surface area contributed by atoms with Gasteiger partial charge in [-0.15, -0.1) is 0 Å². The maximum Gasteiger partial charge on any atom is 0.127 e. The first-order valence-electron chi connectivity index (χ1n) is 9.93. The third-order valence-electron chi connectivity index (χ3n) is 5.20. The highest BCUT2D eigenvalue weighted by atomic mass is 16.5. The number of hydrogen-bond acceptors (Lipinski definition) is 3. The summed E-state index contributed by atoms with van der Waals surface area (Å²) in [6.07, 6.45) is 5.03. The fourth-order valence-electron chi connectivity index (χ4n) is 3.97. The van der Waals surface area contributed by atoms with Crippen LogP contribution in [0, 0.1) is 6.92 Å². The molecule has 2 aromatic carbocycles. The molecule has 0 atom stereocenters. The highest BCUT2D eigenvalue weighted by Crippen LogP contribution is 2.46. The van der Waals surface area contributed by atoms with E-state index in [0.717, 1.165) is 48.2 Å². The fourth-order valence-corrected chi connectivity index (χ4v) is 3.97. The van der Waals surface area contributed by atoms with E-state index in [4.69, 9.17) is 9.47 Å². The van der Waals surface area contributed by atoms with E-state index in [-0.39, 0.29) is 5.60 Å². The zero-order valence-electron chi connectivity index (χ0n) is 16.9. The third-order valence-corrected chi connectivity index (χ3v) is 5.20. The molecule has 0 saturated carbocycles. The van der Waals surface area contributed by atoms with Gasteiger partial charge in [0.25, 0.3) is 0 Å². The van der Waals surface area contributed by atoms with Crippen LogP contribution in [-0.4, -0.2) is 11.9 Å². The molecule has 0 spiro atoms. The van der Waals surface area contributed by atoms with Gasteiger partial charge in [0.15, 0.2) is 0 Å². The summed E-state index contributed by atoms with van der Waals surface area (Å²) in [6.45, 7) is 9.12. The zero-order chi connectivity index (χ0) is 19.4. The normalized spacial score (nSPS) is 14.5. The van der Waals surface area contributed by atoms with Crippen LogP contribution in [0.4, 0.5) is 0 Å². The first-order valence-corrected chi connectivity index (χ1v) is 9.93. The predicted octanol–water partition coefficient (Wildman–Crippen LogP) is 5.37. The molecule has 0 aliphatic carbocycles. The molecule has 3 nitrogen and oxygen atoms in total. The Labute approximate surface area is 162 Å². The Morgan fingerprint density at radius 1 is 1.15 bits per heavy atom. The number of carbonyl (C=O) groups excluding carboxylic acids is 1. The molecule has 0 aromatic heterocycles. The van der Waals surface area contributed by atoms with Crippen LogP contribution < -0.4 is 9.47 Å². The highest BCUT2D eigenvalue weighted by molar-refractivity contribution is 5.62. The lowest BCUT2D eigenvalue weighted by atomic mass is 9.89. The predicted molar refractivity (Wildman–Crippen MR) is 109 cm³/mol. The number of carbonyl (C=O) groups is 1. The average Bonchev–Trinajstić information content (AvgIpc) is 2.98. The number of rotatable bonds is 8. The number of hydrogen-bond donors (Lipinski definition) is 0. The summed E-state index contributed by atoms with van der Waals surface area (Å²) in [7, 11) is 0. The van der Waals surface area contributed by atoms with Crippen molar-refractivity contribution in [2.45, 2.75) is 72.0 Å². The molecule has 144 valence electrons. The van der Waals surface area contributed by atoms with Crippen LogP contribution in [0.3, 0.4) is 0 Å². The Morgan fingerprint density at radius 3 is 2.56 bits per heavy atom. The largest absolute Gasteiger partial charge is 0.488 e. The van der Waals surface area contributed by atoms with Crippen LogP contribution in [0.25, 0.3) is 0 Å². The van der Waals surface area contributed by atoms with Gasteiger partial charge in [0.2, 0.25) is 0 Å². The molecule has 1 heterocycles. The van der Waals surface area contributed by atoms with Gasteiger partial charge in [0.1, 0.15) is 30.0 Å². The minimum absolute atomic E-state index is 0.218. The number of ether oxygens (including phenoxy) is 2. The molecule has 3 heteroatoms. The molecular weight excluding hydrogens is 336 g/mol. The van der Waals surface area contributed by atoms with E-state index in [1.54, 1.807) is 0 Å². The fraction of sp³-hybridized carbons (Fsp3) is 0.458. The van der Waals surface area contributed by atoms with E-state index in [2.05, 4.69) is 39.8 Å². The van der Waals surface area contributed by atoms with Crippen molar-refractivity contribution >= 4 is 6.29 Å². The summed E-state index contributed by atoms with van der Waals surface area (Å²) < 4.78 is 12.7. The number of fused-ring (bicyclic) bond motifs is 1. The van der Waals surface area contributed by atoms with Gasteiger partial charge in [-0.25, -0.2) is 0 Å². The summed E-state index contributed by atoms with van der Waals surface area (Å²) in [4.78, 5) is 11.1. The highest BCUT2D eigenvalue weighted by Gasteiger charge is 2.36. The molecule has 3 rings (SSSR count). The van der Waals surface area contributed by atoms with Crippen LogP contribution in [-0.2, 0) is 30.7 Å². The quantitative estimate of drug-likeness (QED) is 0.589. The van der Waals surface area contributed by atoms with Crippen LogP contribution in [0.1, 0.15) is 61.4 Å². The second-order valence-corrected chi connectivity index (χ2v) is 7.99. The number of aldehydes is 1. The summed E-state index contributed by atoms with van der Waals surface area (Å²) in [6, 6.07) is 10.3. The molecular formula is C24H30O3. The second kappa shape index (κ2) is 8.16. The van der Waals surface area contributed by atoms with Crippen LogP contribution in [0.15, 0.2) is 30.3 Å².